The van der Waals surface area contributed by atoms with E-state index in [1.165, 1.54) is 81.1 Å². The molecule has 254 valence electrons. The minimum atomic E-state index is 1.11. The number of hydrogen-bond donors (Lipinski definition) is 0. The second-order valence-electron chi connectivity index (χ2n) is 13.7. The molecule has 10 aromatic rings. The van der Waals surface area contributed by atoms with E-state index in [4.69, 9.17) is 0 Å². The van der Waals surface area contributed by atoms with Crippen molar-refractivity contribution in [3.05, 3.63) is 212 Å². The zero-order valence-electron chi connectivity index (χ0n) is 29.6. The van der Waals surface area contributed by atoms with Gasteiger partial charge < -0.3 is 4.90 Å². The maximum Gasteiger partial charge on any atom is 0.0640 e. The van der Waals surface area contributed by atoms with E-state index in [0.29, 0.717) is 0 Å². The molecule has 0 saturated carbocycles. The first-order chi connectivity index (χ1) is 26.8. The van der Waals surface area contributed by atoms with Gasteiger partial charge in [-0.15, -0.1) is 11.3 Å². The Balaban J connectivity index is 1.18. The highest BCUT2D eigenvalue weighted by atomic mass is 32.1. The van der Waals surface area contributed by atoms with E-state index in [2.05, 4.69) is 217 Å². The lowest BCUT2D eigenvalue weighted by atomic mass is 9.93. The topological polar surface area (TPSA) is 3.24 Å². The first-order valence-electron chi connectivity index (χ1n) is 18.4. The molecule has 0 atom stereocenters. The quantitative estimate of drug-likeness (QED) is 0.160. The summed E-state index contributed by atoms with van der Waals surface area (Å²) in [7, 11) is 0. The minimum absolute atomic E-state index is 1.11. The Bertz CT molecular complexity index is 2930. The van der Waals surface area contributed by atoms with Gasteiger partial charge in [0.15, 0.2) is 0 Å². The molecule has 1 nitrogen and oxygen atoms in total. The van der Waals surface area contributed by atoms with Crippen LogP contribution in [0.2, 0.25) is 0 Å². The molecule has 54 heavy (non-hydrogen) atoms. The van der Waals surface area contributed by atoms with Gasteiger partial charge in [0.1, 0.15) is 0 Å². The maximum absolute atomic E-state index is 2.46. The predicted molar refractivity (Wildman–Crippen MR) is 233 cm³/mol. The molecule has 0 unspecified atom stereocenters. The summed E-state index contributed by atoms with van der Waals surface area (Å²) in [6, 6.07) is 77.2. The number of rotatable bonds is 7. The molecule has 0 aliphatic heterocycles. The summed E-state index contributed by atoms with van der Waals surface area (Å²) in [4.78, 5) is 2.46. The van der Waals surface area contributed by atoms with Crippen LogP contribution in [-0.2, 0) is 0 Å². The summed E-state index contributed by atoms with van der Waals surface area (Å²) in [5.41, 5.74) is 13.1. The highest BCUT2D eigenvalue weighted by molar-refractivity contribution is 7.26. The number of hydrogen-bond acceptors (Lipinski definition) is 2. The van der Waals surface area contributed by atoms with Gasteiger partial charge in [0.05, 0.1) is 10.4 Å². The standard InChI is InChI=1S/C52H35NS/c1-4-15-36(16-5-1)39-29-31-46-40(33-39)22-13-25-44(46)41-21-12-23-42(34-41)53(50-27-14-26-48-47-24-10-11-28-51(47)54-52(48)50)43-30-32-45(37-17-6-2-7-18-37)49(35-43)38-19-8-3-9-20-38/h1-35H. The van der Waals surface area contributed by atoms with Gasteiger partial charge in [-0.05, 0) is 97.7 Å². The molecule has 0 aliphatic rings. The van der Waals surface area contributed by atoms with Crippen LogP contribution in [0, 0.1) is 0 Å². The van der Waals surface area contributed by atoms with Crippen LogP contribution in [0.4, 0.5) is 17.1 Å². The van der Waals surface area contributed by atoms with Gasteiger partial charge in [-0.2, -0.15) is 0 Å². The Kier molecular flexibility index (Phi) is 8.09. The van der Waals surface area contributed by atoms with E-state index >= 15 is 0 Å². The normalized spacial score (nSPS) is 11.3. The molecule has 10 rings (SSSR count). The first-order valence-corrected chi connectivity index (χ1v) is 19.2. The lowest BCUT2D eigenvalue weighted by Crippen LogP contribution is -2.10. The number of benzene rings is 9. The zero-order valence-corrected chi connectivity index (χ0v) is 30.4. The summed E-state index contributed by atoms with van der Waals surface area (Å²) in [6.45, 7) is 0. The molecule has 0 spiro atoms. The highest BCUT2D eigenvalue weighted by Gasteiger charge is 2.21. The summed E-state index contributed by atoms with van der Waals surface area (Å²) >= 11 is 1.87. The fourth-order valence-electron chi connectivity index (χ4n) is 7.89. The van der Waals surface area contributed by atoms with Crippen LogP contribution in [0.3, 0.4) is 0 Å². The van der Waals surface area contributed by atoms with Gasteiger partial charge in [0.2, 0.25) is 0 Å². The summed E-state index contributed by atoms with van der Waals surface area (Å²) < 4.78 is 2.57. The van der Waals surface area contributed by atoms with Gasteiger partial charge in [-0.25, -0.2) is 0 Å². The van der Waals surface area contributed by atoms with Crippen LogP contribution < -0.4 is 4.90 Å². The van der Waals surface area contributed by atoms with Crippen LogP contribution in [0.15, 0.2) is 212 Å². The molecular weight excluding hydrogens is 671 g/mol. The number of nitrogens with zero attached hydrogens (tertiary/aromatic N) is 1. The third-order valence-electron chi connectivity index (χ3n) is 10.5. The molecule has 0 amide bonds. The second-order valence-corrected chi connectivity index (χ2v) is 14.8. The van der Waals surface area contributed by atoms with Crippen LogP contribution in [0.25, 0.3) is 75.5 Å². The molecule has 0 bridgehead atoms. The van der Waals surface area contributed by atoms with E-state index in [-0.39, 0.29) is 0 Å². The van der Waals surface area contributed by atoms with Crippen molar-refractivity contribution in [3.8, 4) is 44.5 Å². The monoisotopic (exact) mass is 705 g/mol. The SMILES string of the molecule is c1ccc(-c2ccc3c(-c4cccc(N(c5ccc(-c6ccccc6)c(-c6ccccc6)c5)c5cccc6c5sc5ccccc56)c4)cccc3c2)cc1. The van der Waals surface area contributed by atoms with E-state index in [0.717, 1.165) is 11.4 Å². The van der Waals surface area contributed by atoms with Crippen molar-refractivity contribution in [2.24, 2.45) is 0 Å². The molecule has 0 N–H and O–H groups in total. The van der Waals surface area contributed by atoms with E-state index in [9.17, 15) is 0 Å². The molecular formula is C52H35NS. The Hall–Kier alpha value is -6.74. The summed E-state index contributed by atoms with van der Waals surface area (Å²) in [6.07, 6.45) is 0. The fraction of sp³-hybridized carbons (Fsp3) is 0. The molecule has 0 saturated heterocycles. The van der Waals surface area contributed by atoms with Crippen molar-refractivity contribution in [1.82, 2.24) is 0 Å². The Labute approximate surface area is 319 Å². The Morgan fingerprint density at radius 1 is 0.315 bits per heavy atom. The van der Waals surface area contributed by atoms with Crippen LogP contribution in [-0.4, -0.2) is 0 Å². The van der Waals surface area contributed by atoms with Crippen molar-refractivity contribution < 1.29 is 0 Å². The molecule has 9 aromatic carbocycles. The van der Waals surface area contributed by atoms with Crippen molar-refractivity contribution in [2.45, 2.75) is 0 Å². The summed E-state index contributed by atoms with van der Waals surface area (Å²) in [5.74, 6) is 0. The zero-order chi connectivity index (χ0) is 35.8. The first kappa shape index (κ1) is 32.0. The lowest BCUT2D eigenvalue weighted by Gasteiger charge is -2.28. The third-order valence-corrected chi connectivity index (χ3v) is 11.7. The van der Waals surface area contributed by atoms with Gasteiger partial charge >= 0.3 is 0 Å². The molecule has 2 heteroatoms. The van der Waals surface area contributed by atoms with Crippen molar-refractivity contribution in [3.63, 3.8) is 0 Å². The third kappa shape index (κ3) is 5.74. The average Bonchev–Trinajstić information content (AvgIpc) is 3.64. The number of thiophene rings is 1. The second kappa shape index (κ2) is 13.7. The Morgan fingerprint density at radius 3 is 1.74 bits per heavy atom. The van der Waals surface area contributed by atoms with Crippen LogP contribution >= 0.6 is 11.3 Å². The van der Waals surface area contributed by atoms with E-state index in [1.54, 1.807) is 0 Å². The highest BCUT2D eigenvalue weighted by Crippen LogP contribution is 2.47. The van der Waals surface area contributed by atoms with Crippen molar-refractivity contribution in [1.29, 1.82) is 0 Å². The van der Waals surface area contributed by atoms with Crippen LogP contribution in [0.1, 0.15) is 0 Å². The van der Waals surface area contributed by atoms with Crippen molar-refractivity contribution >= 4 is 59.3 Å². The van der Waals surface area contributed by atoms with E-state index in [1.807, 2.05) is 11.3 Å². The average molecular weight is 706 g/mol. The van der Waals surface area contributed by atoms with Crippen LogP contribution in [0.5, 0.6) is 0 Å². The lowest BCUT2D eigenvalue weighted by molar-refractivity contribution is 1.30. The molecule has 0 aliphatic carbocycles. The molecule has 1 aromatic heterocycles. The molecule has 0 radical (unpaired) electrons. The number of fused-ring (bicyclic) bond motifs is 4. The predicted octanol–water partition coefficient (Wildman–Crippen LogP) is 15.3. The van der Waals surface area contributed by atoms with Gasteiger partial charge in [0, 0.05) is 26.8 Å². The minimum Gasteiger partial charge on any atom is -0.309 e. The van der Waals surface area contributed by atoms with Gasteiger partial charge in [0.25, 0.3) is 0 Å². The van der Waals surface area contributed by atoms with Crippen molar-refractivity contribution in [2.75, 3.05) is 4.90 Å². The van der Waals surface area contributed by atoms with Gasteiger partial charge in [-0.3, -0.25) is 0 Å². The smallest absolute Gasteiger partial charge is 0.0640 e. The van der Waals surface area contributed by atoms with Gasteiger partial charge in [-0.1, -0.05) is 170 Å². The molecule has 1 heterocycles. The largest absolute Gasteiger partial charge is 0.309 e. The maximum atomic E-state index is 2.46. The Morgan fingerprint density at radius 2 is 0.944 bits per heavy atom. The number of anilines is 3. The summed E-state index contributed by atoms with van der Waals surface area (Å²) in [5, 5.41) is 5.05. The fourth-order valence-corrected chi connectivity index (χ4v) is 9.10. The molecule has 0 fully saturated rings. The van der Waals surface area contributed by atoms with E-state index < -0.39 is 0 Å².